The molecule has 90 valence electrons. The number of aromatic nitrogens is 1. The zero-order valence-corrected chi connectivity index (χ0v) is 10.2. The molecule has 1 rings (SSSR count). The number of hydrogen-bond donors (Lipinski definition) is 2. The van der Waals surface area contributed by atoms with Crippen LogP contribution in [-0.2, 0) is 6.54 Å². The van der Waals surface area contributed by atoms with Crippen molar-refractivity contribution >= 4 is 5.91 Å². The molecule has 0 saturated heterocycles. The summed E-state index contributed by atoms with van der Waals surface area (Å²) in [7, 11) is 0. The normalized spacial score (nSPS) is 11.5. The monoisotopic (exact) mass is 224 g/mol. The highest BCUT2D eigenvalue weighted by Gasteiger charge is 2.16. The van der Waals surface area contributed by atoms with Gasteiger partial charge in [-0.15, -0.1) is 0 Å². The first kappa shape index (κ1) is 12.8. The maximum Gasteiger partial charge on any atom is 0.268 e. The van der Waals surface area contributed by atoms with E-state index in [1.807, 2.05) is 16.8 Å². The van der Waals surface area contributed by atoms with Crippen LogP contribution in [0.2, 0.25) is 0 Å². The number of hydrogen-bond acceptors (Lipinski definition) is 2. The zero-order chi connectivity index (χ0) is 12.2. The van der Waals surface area contributed by atoms with Crippen LogP contribution in [0.5, 0.6) is 0 Å². The topological polar surface area (TPSA) is 54.3 Å². The van der Waals surface area contributed by atoms with Gasteiger partial charge in [-0.1, -0.05) is 6.92 Å². The third-order valence-corrected chi connectivity index (χ3v) is 2.21. The van der Waals surface area contributed by atoms with Crippen molar-refractivity contribution in [2.45, 2.75) is 39.3 Å². The Morgan fingerprint density at radius 3 is 2.81 bits per heavy atom. The quantitative estimate of drug-likeness (QED) is 0.794. The summed E-state index contributed by atoms with van der Waals surface area (Å²) in [4.78, 5) is 11.8. The average molecular weight is 224 g/mol. The third kappa shape index (κ3) is 3.70. The van der Waals surface area contributed by atoms with Crippen molar-refractivity contribution in [3.8, 4) is 0 Å². The average Bonchev–Trinajstić information content (AvgIpc) is 2.62. The van der Waals surface area contributed by atoms with Crippen LogP contribution in [0.25, 0.3) is 0 Å². The lowest BCUT2D eigenvalue weighted by atomic mass is 10.1. The molecule has 0 aliphatic rings. The van der Waals surface area contributed by atoms with E-state index in [1.54, 1.807) is 19.9 Å². The van der Waals surface area contributed by atoms with Gasteiger partial charge in [-0.05, 0) is 32.4 Å². The molecule has 0 radical (unpaired) electrons. The van der Waals surface area contributed by atoms with Crippen molar-refractivity contribution < 1.29 is 9.90 Å². The minimum Gasteiger partial charge on any atom is -0.389 e. The highest BCUT2D eigenvalue weighted by molar-refractivity contribution is 5.92. The van der Waals surface area contributed by atoms with Crippen molar-refractivity contribution in [2.75, 3.05) is 6.54 Å². The van der Waals surface area contributed by atoms with Crippen LogP contribution in [0.15, 0.2) is 18.3 Å². The molecule has 0 unspecified atom stereocenters. The molecule has 0 atom stereocenters. The summed E-state index contributed by atoms with van der Waals surface area (Å²) in [6, 6.07) is 3.64. The number of nitrogens with zero attached hydrogens (tertiary/aromatic N) is 1. The van der Waals surface area contributed by atoms with Gasteiger partial charge in [0.15, 0.2) is 0 Å². The fraction of sp³-hybridized carbons (Fsp3) is 0.583. The Hall–Kier alpha value is -1.29. The van der Waals surface area contributed by atoms with Crippen LogP contribution >= 0.6 is 0 Å². The molecule has 1 heterocycles. The number of nitrogens with one attached hydrogen (secondary N) is 1. The van der Waals surface area contributed by atoms with Crippen molar-refractivity contribution in [3.63, 3.8) is 0 Å². The minimum atomic E-state index is -0.877. The summed E-state index contributed by atoms with van der Waals surface area (Å²) in [5.41, 5.74) is -0.233. The van der Waals surface area contributed by atoms with Gasteiger partial charge in [0.25, 0.3) is 5.91 Å². The van der Waals surface area contributed by atoms with Gasteiger partial charge in [-0.3, -0.25) is 4.79 Å². The number of aliphatic hydroxyl groups is 1. The predicted molar refractivity (Wildman–Crippen MR) is 63.4 cm³/mol. The molecule has 2 N–H and O–H groups in total. The summed E-state index contributed by atoms with van der Waals surface area (Å²) in [6.45, 7) is 6.48. The van der Waals surface area contributed by atoms with E-state index in [0.29, 0.717) is 5.69 Å². The Morgan fingerprint density at radius 1 is 1.56 bits per heavy atom. The molecule has 1 aromatic rings. The van der Waals surface area contributed by atoms with Gasteiger partial charge < -0.3 is 15.0 Å². The molecule has 0 bridgehead atoms. The molecule has 4 nitrogen and oxygen atoms in total. The Labute approximate surface area is 96.3 Å². The number of carbonyl (C=O) groups is 1. The maximum atomic E-state index is 11.8. The van der Waals surface area contributed by atoms with E-state index in [2.05, 4.69) is 12.2 Å². The van der Waals surface area contributed by atoms with E-state index in [9.17, 15) is 9.90 Å². The number of aryl methyl sites for hydroxylation is 1. The Kier molecular flexibility index (Phi) is 4.12. The summed E-state index contributed by atoms with van der Waals surface area (Å²) >= 11 is 0. The third-order valence-electron chi connectivity index (χ3n) is 2.21. The lowest BCUT2D eigenvalue weighted by molar-refractivity contribution is 0.0689. The fourth-order valence-corrected chi connectivity index (χ4v) is 1.44. The van der Waals surface area contributed by atoms with E-state index >= 15 is 0 Å². The van der Waals surface area contributed by atoms with Gasteiger partial charge in [-0.2, -0.15) is 0 Å². The Morgan fingerprint density at radius 2 is 2.25 bits per heavy atom. The molecule has 0 saturated carbocycles. The van der Waals surface area contributed by atoms with E-state index in [0.717, 1.165) is 13.0 Å². The number of rotatable bonds is 5. The summed E-state index contributed by atoms with van der Waals surface area (Å²) < 4.78 is 1.92. The van der Waals surface area contributed by atoms with Gasteiger partial charge in [0.1, 0.15) is 5.69 Å². The van der Waals surface area contributed by atoms with Crippen LogP contribution in [0.4, 0.5) is 0 Å². The highest BCUT2D eigenvalue weighted by Crippen LogP contribution is 2.04. The van der Waals surface area contributed by atoms with E-state index in [1.165, 1.54) is 0 Å². The van der Waals surface area contributed by atoms with Crippen LogP contribution in [0, 0.1) is 0 Å². The predicted octanol–water partition coefficient (Wildman–Crippen LogP) is 1.40. The minimum absolute atomic E-state index is 0.138. The molecule has 1 amide bonds. The number of carbonyl (C=O) groups excluding carboxylic acids is 1. The molecular weight excluding hydrogens is 204 g/mol. The fourth-order valence-electron chi connectivity index (χ4n) is 1.44. The first-order chi connectivity index (χ1) is 7.44. The summed E-state index contributed by atoms with van der Waals surface area (Å²) in [6.07, 6.45) is 2.88. The smallest absolute Gasteiger partial charge is 0.268 e. The van der Waals surface area contributed by atoms with Crippen molar-refractivity contribution in [1.82, 2.24) is 9.88 Å². The molecule has 0 aliphatic heterocycles. The van der Waals surface area contributed by atoms with E-state index in [-0.39, 0.29) is 12.5 Å². The highest BCUT2D eigenvalue weighted by atomic mass is 16.3. The zero-order valence-electron chi connectivity index (χ0n) is 10.2. The number of amides is 1. The largest absolute Gasteiger partial charge is 0.389 e. The lowest BCUT2D eigenvalue weighted by Gasteiger charge is -2.18. The molecule has 0 spiro atoms. The van der Waals surface area contributed by atoms with Crippen molar-refractivity contribution in [3.05, 3.63) is 24.0 Å². The second kappa shape index (κ2) is 5.16. The maximum absolute atomic E-state index is 11.8. The van der Waals surface area contributed by atoms with Gasteiger partial charge in [0.05, 0.1) is 5.60 Å². The molecule has 0 aliphatic carbocycles. The van der Waals surface area contributed by atoms with Crippen LogP contribution in [-0.4, -0.2) is 27.7 Å². The van der Waals surface area contributed by atoms with Crippen LogP contribution in [0.1, 0.15) is 37.7 Å². The molecule has 4 heteroatoms. The summed E-state index contributed by atoms with van der Waals surface area (Å²) in [5, 5.41) is 12.2. The van der Waals surface area contributed by atoms with Crippen LogP contribution in [0.3, 0.4) is 0 Å². The first-order valence-electron chi connectivity index (χ1n) is 5.60. The van der Waals surface area contributed by atoms with Gasteiger partial charge in [0, 0.05) is 19.3 Å². The van der Waals surface area contributed by atoms with Crippen LogP contribution < -0.4 is 5.32 Å². The molecule has 1 aromatic heterocycles. The molecular formula is C12H20N2O2. The van der Waals surface area contributed by atoms with Gasteiger partial charge >= 0.3 is 0 Å². The molecule has 0 fully saturated rings. The second-order valence-electron chi connectivity index (χ2n) is 4.58. The standard InChI is InChI=1S/C12H20N2O2/c1-4-7-14-8-5-6-10(14)11(15)13-9-12(2,3)16/h5-6,8,16H,4,7,9H2,1-3H3,(H,13,15). The van der Waals surface area contributed by atoms with E-state index < -0.39 is 5.60 Å². The summed E-state index contributed by atoms with van der Waals surface area (Å²) in [5.74, 6) is -0.138. The molecule has 16 heavy (non-hydrogen) atoms. The first-order valence-corrected chi connectivity index (χ1v) is 5.60. The van der Waals surface area contributed by atoms with Crippen molar-refractivity contribution in [1.29, 1.82) is 0 Å². The van der Waals surface area contributed by atoms with Gasteiger partial charge in [-0.25, -0.2) is 0 Å². The van der Waals surface area contributed by atoms with Gasteiger partial charge in [0.2, 0.25) is 0 Å². The Bertz CT molecular complexity index is 350. The second-order valence-corrected chi connectivity index (χ2v) is 4.58. The van der Waals surface area contributed by atoms with Crippen molar-refractivity contribution in [2.24, 2.45) is 0 Å². The SMILES string of the molecule is CCCn1cccc1C(=O)NCC(C)(C)O. The Balaban J connectivity index is 2.62. The lowest BCUT2D eigenvalue weighted by Crippen LogP contribution is -2.38. The van der Waals surface area contributed by atoms with E-state index in [4.69, 9.17) is 0 Å². The molecule has 0 aromatic carbocycles.